The van der Waals surface area contributed by atoms with Crippen LogP contribution in [0.3, 0.4) is 0 Å². The third-order valence-corrected chi connectivity index (χ3v) is 11.0. The molecule has 37 heavy (non-hydrogen) atoms. The number of benzene rings is 2. The molecule has 2 saturated heterocycles. The molecular formula is C32H46N2O2S. The molecule has 5 heteroatoms. The second-order valence-corrected chi connectivity index (χ2v) is 15.4. The molecule has 2 heterocycles. The highest BCUT2D eigenvalue weighted by Crippen LogP contribution is 2.52. The Bertz CT molecular complexity index is 1170. The van der Waals surface area contributed by atoms with Crippen LogP contribution in [0.25, 0.3) is 0 Å². The van der Waals surface area contributed by atoms with E-state index < -0.39 is 9.84 Å². The lowest BCUT2D eigenvalue weighted by atomic mass is 9.55. The summed E-state index contributed by atoms with van der Waals surface area (Å²) in [5.74, 6) is 1.63. The molecule has 2 aromatic carbocycles. The Kier molecular flexibility index (Phi) is 7.50. The van der Waals surface area contributed by atoms with E-state index in [9.17, 15) is 8.42 Å². The van der Waals surface area contributed by atoms with Crippen LogP contribution in [0.1, 0.15) is 70.9 Å². The van der Waals surface area contributed by atoms with Crippen LogP contribution in [0.15, 0.2) is 53.4 Å². The number of fused-ring (bicyclic) bond motifs is 1. The smallest absolute Gasteiger partial charge is 0.178 e. The van der Waals surface area contributed by atoms with Crippen molar-refractivity contribution < 1.29 is 8.42 Å². The van der Waals surface area contributed by atoms with Crippen molar-refractivity contribution in [2.24, 2.45) is 17.3 Å². The highest BCUT2D eigenvalue weighted by Gasteiger charge is 2.46. The van der Waals surface area contributed by atoms with Gasteiger partial charge in [0.25, 0.3) is 0 Å². The highest BCUT2D eigenvalue weighted by atomic mass is 32.2. The van der Waals surface area contributed by atoms with Crippen molar-refractivity contribution in [2.75, 3.05) is 43.4 Å². The molecule has 0 bridgehead atoms. The minimum atomic E-state index is -3.13. The fourth-order valence-corrected chi connectivity index (χ4v) is 8.50. The molecule has 1 atom stereocenters. The van der Waals surface area contributed by atoms with E-state index in [1.165, 1.54) is 58.2 Å². The first-order chi connectivity index (χ1) is 17.6. The summed E-state index contributed by atoms with van der Waals surface area (Å²) in [4.78, 5) is 5.54. The molecule has 4 nitrogen and oxygen atoms in total. The minimum absolute atomic E-state index is 0.151. The first-order valence-electron chi connectivity index (χ1n) is 14.5. The van der Waals surface area contributed by atoms with Gasteiger partial charge < -0.3 is 9.80 Å². The van der Waals surface area contributed by atoms with E-state index in [2.05, 4.69) is 54.8 Å². The number of hydrogen-bond donors (Lipinski definition) is 0. The topological polar surface area (TPSA) is 40.6 Å². The van der Waals surface area contributed by atoms with Crippen LogP contribution in [0.4, 0.5) is 5.69 Å². The molecule has 2 aromatic rings. The lowest BCUT2D eigenvalue weighted by molar-refractivity contribution is 0.0737. The summed E-state index contributed by atoms with van der Waals surface area (Å²) in [5.41, 5.74) is 5.09. The SMILES string of the molecule is CCS(=O)(=O)c1ccc(N2CC(CN3CCC(C4(CC(C)(C)C)CCCc5ccccc54)CC3)C2)cc1. The van der Waals surface area contributed by atoms with Crippen LogP contribution in [-0.2, 0) is 21.7 Å². The normalized spacial score (nSPS) is 24.1. The fraction of sp³-hybridized carbons (Fsp3) is 0.625. The predicted octanol–water partition coefficient (Wildman–Crippen LogP) is 6.34. The molecule has 0 N–H and O–H groups in total. The number of anilines is 1. The molecule has 0 spiro atoms. The van der Waals surface area contributed by atoms with Gasteiger partial charge in [-0.05, 0) is 104 Å². The molecule has 3 aliphatic rings. The minimum Gasteiger partial charge on any atom is -0.371 e. The van der Waals surface area contributed by atoms with Gasteiger partial charge in [-0.2, -0.15) is 0 Å². The molecule has 0 saturated carbocycles. The van der Waals surface area contributed by atoms with Gasteiger partial charge >= 0.3 is 0 Å². The van der Waals surface area contributed by atoms with Crippen LogP contribution in [-0.4, -0.2) is 51.8 Å². The number of likely N-dealkylation sites (tertiary alicyclic amines) is 1. The maximum absolute atomic E-state index is 12.1. The average Bonchev–Trinajstić information content (AvgIpc) is 2.86. The number of nitrogens with zero attached hydrogens (tertiary/aromatic N) is 2. The van der Waals surface area contributed by atoms with E-state index in [-0.39, 0.29) is 5.75 Å². The Morgan fingerprint density at radius 3 is 2.30 bits per heavy atom. The van der Waals surface area contributed by atoms with Gasteiger partial charge in [0, 0.05) is 31.2 Å². The monoisotopic (exact) mass is 522 g/mol. The zero-order chi connectivity index (χ0) is 26.3. The summed E-state index contributed by atoms with van der Waals surface area (Å²) < 4.78 is 24.2. The van der Waals surface area contributed by atoms with Crippen molar-refractivity contribution in [2.45, 2.75) is 76.5 Å². The summed E-state index contributed by atoms with van der Waals surface area (Å²) in [5, 5.41) is 0. The van der Waals surface area contributed by atoms with E-state index in [4.69, 9.17) is 0 Å². The Morgan fingerprint density at radius 1 is 0.973 bits per heavy atom. The zero-order valence-corrected chi connectivity index (χ0v) is 24.2. The van der Waals surface area contributed by atoms with Gasteiger partial charge in [-0.15, -0.1) is 0 Å². The first kappa shape index (κ1) is 26.7. The van der Waals surface area contributed by atoms with Gasteiger partial charge in [0.05, 0.1) is 10.6 Å². The summed E-state index contributed by atoms with van der Waals surface area (Å²) in [6.45, 7) is 14.8. The van der Waals surface area contributed by atoms with Crippen LogP contribution in [0.5, 0.6) is 0 Å². The molecular weight excluding hydrogens is 476 g/mol. The number of sulfone groups is 1. The Morgan fingerprint density at radius 2 is 1.65 bits per heavy atom. The summed E-state index contributed by atoms with van der Waals surface area (Å²) in [6, 6.07) is 16.8. The molecule has 0 amide bonds. The van der Waals surface area contributed by atoms with Crippen molar-refractivity contribution in [3.05, 3.63) is 59.7 Å². The molecule has 5 rings (SSSR count). The van der Waals surface area contributed by atoms with Gasteiger partial charge in [0.2, 0.25) is 0 Å². The summed E-state index contributed by atoms with van der Waals surface area (Å²) >= 11 is 0. The van der Waals surface area contributed by atoms with Gasteiger partial charge in [-0.25, -0.2) is 8.42 Å². The van der Waals surface area contributed by atoms with E-state index >= 15 is 0 Å². The number of rotatable bonds is 7. The molecule has 1 unspecified atom stereocenters. The third-order valence-electron chi connectivity index (χ3n) is 9.25. The Balaban J connectivity index is 1.18. The van der Waals surface area contributed by atoms with Gasteiger partial charge in [-0.1, -0.05) is 52.0 Å². The van der Waals surface area contributed by atoms with Gasteiger partial charge in [0.1, 0.15) is 0 Å². The third kappa shape index (κ3) is 5.63. The fourth-order valence-electron chi connectivity index (χ4n) is 7.61. The molecule has 0 aromatic heterocycles. The molecule has 2 aliphatic heterocycles. The van der Waals surface area contributed by atoms with Crippen molar-refractivity contribution in [1.29, 1.82) is 0 Å². The van der Waals surface area contributed by atoms with Crippen molar-refractivity contribution >= 4 is 15.5 Å². The Labute approximate surface area is 225 Å². The lowest BCUT2D eigenvalue weighted by Crippen LogP contribution is -2.53. The maximum Gasteiger partial charge on any atom is 0.178 e. The molecule has 202 valence electrons. The van der Waals surface area contributed by atoms with E-state index in [0.29, 0.717) is 21.6 Å². The quantitative estimate of drug-likeness (QED) is 0.426. The van der Waals surface area contributed by atoms with E-state index in [1.807, 2.05) is 12.1 Å². The molecule has 0 radical (unpaired) electrons. The van der Waals surface area contributed by atoms with Gasteiger partial charge in [0.15, 0.2) is 9.84 Å². The summed E-state index contributed by atoms with van der Waals surface area (Å²) in [7, 11) is -3.13. The van der Waals surface area contributed by atoms with Crippen LogP contribution in [0.2, 0.25) is 0 Å². The maximum atomic E-state index is 12.1. The zero-order valence-electron chi connectivity index (χ0n) is 23.4. The second kappa shape index (κ2) is 10.4. The van der Waals surface area contributed by atoms with E-state index in [1.54, 1.807) is 30.2 Å². The van der Waals surface area contributed by atoms with Gasteiger partial charge in [-0.3, -0.25) is 0 Å². The standard InChI is InChI=1S/C32H46N2O2S/c1-5-37(35,36)29-14-12-28(13-15-29)34-22-25(23-34)21-33-19-16-27(17-20-33)32(24-31(2,3)4)18-8-10-26-9-6-7-11-30(26)32/h6-7,9,11-15,25,27H,5,8,10,16-24H2,1-4H3. The van der Waals surface area contributed by atoms with Crippen LogP contribution < -0.4 is 4.90 Å². The second-order valence-electron chi connectivity index (χ2n) is 13.1. The Hall–Kier alpha value is -1.85. The van der Waals surface area contributed by atoms with Crippen LogP contribution in [0, 0.1) is 17.3 Å². The molecule has 1 aliphatic carbocycles. The summed E-state index contributed by atoms with van der Waals surface area (Å²) in [6.07, 6.45) is 7.84. The molecule has 2 fully saturated rings. The van der Waals surface area contributed by atoms with Crippen molar-refractivity contribution in [3.8, 4) is 0 Å². The average molecular weight is 523 g/mol. The highest BCUT2D eigenvalue weighted by molar-refractivity contribution is 7.91. The van der Waals surface area contributed by atoms with Crippen molar-refractivity contribution in [3.63, 3.8) is 0 Å². The first-order valence-corrected chi connectivity index (χ1v) is 16.1. The largest absolute Gasteiger partial charge is 0.371 e. The lowest BCUT2D eigenvalue weighted by Gasteiger charge is -2.51. The van der Waals surface area contributed by atoms with E-state index in [0.717, 1.165) is 24.7 Å². The predicted molar refractivity (Wildman–Crippen MR) is 154 cm³/mol. The number of piperidine rings is 1. The number of hydrogen-bond acceptors (Lipinski definition) is 4. The van der Waals surface area contributed by atoms with Crippen LogP contribution >= 0.6 is 0 Å². The number of aryl methyl sites for hydroxylation is 1. The van der Waals surface area contributed by atoms with Crippen molar-refractivity contribution in [1.82, 2.24) is 4.90 Å².